The van der Waals surface area contributed by atoms with Crippen LogP contribution in [-0.4, -0.2) is 18.8 Å². The van der Waals surface area contributed by atoms with Gasteiger partial charge in [0.15, 0.2) is 0 Å². The van der Waals surface area contributed by atoms with Gasteiger partial charge in [-0.05, 0) is 49.4 Å². The van der Waals surface area contributed by atoms with E-state index in [1.807, 2.05) is 37.3 Å². The molecule has 1 saturated carbocycles. The third kappa shape index (κ3) is 3.58. The highest BCUT2D eigenvalue weighted by atomic mass is 35.5. The second-order valence-electron chi connectivity index (χ2n) is 6.30. The summed E-state index contributed by atoms with van der Waals surface area (Å²) in [6.45, 7) is 2.31. The van der Waals surface area contributed by atoms with Gasteiger partial charge in [-0.15, -0.1) is 0 Å². The Morgan fingerprint density at radius 1 is 1.21 bits per heavy atom. The number of hydrogen-bond donors (Lipinski definition) is 1. The number of rotatable bonds is 6. The zero-order valence-electron chi connectivity index (χ0n) is 13.5. The summed E-state index contributed by atoms with van der Waals surface area (Å²) in [6.07, 6.45) is 2.14. The van der Waals surface area contributed by atoms with Crippen LogP contribution in [-0.2, 0) is 16.6 Å². The van der Waals surface area contributed by atoms with E-state index < -0.39 is 10.0 Å². The van der Waals surface area contributed by atoms with E-state index in [0.717, 1.165) is 18.4 Å². The van der Waals surface area contributed by atoms with Crippen LogP contribution in [0.4, 0.5) is 5.69 Å². The predicted molar refractivity (Wildman–Crippen MR) is 97.2 cm³/mol. The van der Waals surface area contributed by atoms with Crippen LogP contribution >= 0.6 is 11.6 Å². The fraction of sp³-hybridized carbons (Fsp3) is 0.333. The van der Waals surface area contributed by atoms with Crippen molar-refractivity contribution < 1.29 is 8.42 Å². The summed E-state index contributed by atoms with van der Waals surface area (Å²) in [4.78, 5) is 0.121. The van der Waals surface area contributed by atoms with Gasteiger partial charge in [-0.3, -0.25) is 0 Å². The molecule has 2 N–H and O–H groups in total. The standard InChI is InChI=1S/C18H21ClN2O2S/c1-13(15-7-8-15)21(12-14-5-3-2-4-6-14)24(22,23)18-10-9-16(19)11-17(18)20/h2-6,9-11,13,15H,7-8,12,20H2,1H3. The lowest BCUT2D eigenvalue weighted by Crippen LogP contribution is -2.39. The van der Waals surface area contributed by atoms with Gasteiger partial charge in [0, 0.05) is 17.6 Å². The molecule has 1 aliphatic carbocycles. The molecule has 128 valence electrons. The van der Waals surface area contributed by atoms with E-state index in [1.54, 1.807) is 10.4 Å². The average molecular weight is 365 g/mol. The van der Waals surface area contributed by atoms with Gasteiger partial charge in [-0.25, -0.2) is 8.42 Å². The predicted octanol–water partition coefficient (Wildman–Crippen LogP) is 3.91. The van der Waals surface area contributed by atoms with E-state index in [0.29, 0.717) is 17.5 Å². The van der Waals surface area contributed by atoms with Gasteiger partial charge >= 0.3 is 0 Å². The summed E-state index contributed by atoms with van der Waals surface area (Å²) in [6, 6.07) is 14.1. The molecule has 2 aromatic rings. The topological polar surface area (TPSA) is 63.4 Å². The maximum absolute atomic E-state index is 13.2. The minimum Gasteiger partial charge on any atom is -0.398 e. The summed E-state index contributed by atoms with van der Waals surface area (Å²) < 4.78 is 28.1. The van der Waals surface area contributed by atoms with Crippen LogP contribution in [0.3, 0.4) is 0 Å². The first-order valence-electron chi connectivity index (χ1n) is 8.00. The van der Waals surface area contributed by atoms with Crippen LogP contribution in [0.15, 0.2) is 53.4 Å². The van der Waals surface area contributed by atoms with Gasteiger partial charge in [-0.2, -0.15) is 4.31 Å². The highest BCUT2D eigenvalue weighted by Crippen LogP contribution is 2.38. The molecule has 1 atom stereocenters. The van der Waals surface area contributed by atoms with Crippen LogP contribution in [0.5, 0.6) is 0 Å². The Balaban J connectivity index is 1.99. The lowest BCUT2D eigenvalue weighted by Gasteiger charge is -2.29. The number of sulfonamides is 1. The first-order valence-corrected chi connectivity index (χ1v) is 9.82. The maximum atomic E-state index is 13.2. The molecule has 6 heteroatoms. The van der Waals surface area contributed by atoms with Crippen LogP contribution in [0, 0.1) is 5.92 Å². The molecule has 1 unspecified atom stereocenters. The van der Waals surface area contributed by atoms with E-state index >= 15 is 0 Å². The molecule has 1 fully saturated rings. The van der Waals surface area contributed by atoms with Crippen LogP contribution in [0.25, 0.3) is 0 Å². The van der Waals surface area contributed by atoms with Crippen molar-refractivity contribution in [2.24, 2.45) is 5.92 Å². The van der Waals surface area contributed by atoms with E-state index in [4.69, 9.17) is 17.3 Å². The number of hydrogen-bond acceptors (Lipinski definition) is 3. The van der Waals surface area contributed by atoms with Crippen LogP contribution in [0.2, 0.25) is 5.02 Å². The highest BCUT2D eigenvalue weighted by Gasteiger charge is 2.38. The molecule has 0 heterocycles. The summed E-state index contributed by atoms with van der Waals surface area (Å²) in [5, 5.41) is 0.427. The number of benzene rings is 2. The zero-order valence-corrected chi connectivity index (χ0v) is 15.1. The Morgan fingerprint density at radius 3 is 2.46 bits per heavy atom. The largest absolute Gasteiger partial charge is 0.398 e. The lowest BCUT2D eigenvalue weighted by atomic mass is 10.2. The molecule has 4 nitrogen and oxygen atoms in total. The summed E-state index contributed by atoms with van der Waals surface area (Å²) in [5.41, 5.74) is 7.08. The third-order valence-electron chi connectivity index (χ3n) is 4.50. The fourth-order valence-corrected chi connectivity index (χ4v) is 4.86. The molecule has 3 rings (SSSR count). The van der Waals surface area contributed by atoms with Crippen molar-refractivity contribution in [2.75, 3.05) is 5.73 Å². The van der Waals surface area contributed by atoms with E-state index in [2.05, 4.69) is 0 Å². The molecule has 0 radical (unpaired) electrons. The minimum absolute atomic E-state index is 0.0646. The van der Waals surface area contributed by atoms with Crippen molar-refractivity contribution in [1.82, 2.24) is 4.31 Å². The SMILES string of the molecule is CC(C1CC1)N(Cc1ccccc1)S(=O)(=O)c1ccc(Cl)cc1N. The smallest absolute Gasteiger partial charge is 0.245 e. The average Bonchev–Trinajstić information content (AvgIpc) is 3.37. The first-order chi connectivity index (χ1) is 11.4. The van der Waals surface area contributed by atoms with Gasteiger partial charge in [0.2, 0.25) is 10.0 Å². The second-order valence-corrected chi connectivity index (χ2v) is 8.59. The number of anilines is 1. The normalized spacial score (nSPS) is 16.3. The Hall–Kier alpha value is -1.56. The molecule has 0 aliphatic heterocycles. The van der Waals surface area contributed by atoms with Crippen molar-refractivity contribution in [2.45, 2.75) is 37.2 Å². The van der Waals surface area contributed by atoms with Gasteiger partial charge in [-0.1, -0.05) is 41.9 Å². The number of nitrogen functional groups attached to an aromatic ring is 1. The quantitative estimate of drug-likeness (QED) is 0.790. The third-order valence-corrected chi connectivity index (χ3v) is 6.74. The van der Waals surface area contributed by atoms with Crippen molar-refractivity contribution in [3.63, 3.8) is 0 Å². The fourth-order valence-electron chi connectivity index (χ4n) is 2.91. The molecule has 0 bridgehead atoms. The highest BCUT2D eigenvalue weighted by molar-refractivity contribution is 7.89. The Kier molecular flexibility index (Phi) is 4.85. The van der Waals surface area contributed by atoms with Crippen LogP contribution < -0.4 is 5.73 Å². The van der Waals surface area contributed by atoms with Crippen molar-refractivity contribution in [3.8, 4) is 0 Å². The second kappa shape index (κ2) is 6.75. The number of nitrogens with two attached hydrogens (primary N) is 1. The van der Waals surface area contributed by atoms with Gasteiger partial charge in [0.25, 0.3) is 0 Å². The molecule has 24 heavy (non-hydrogen) atoms. The Bertz CT molecular complexity index is 820. The van der Waals surface area contributed by atoms with E-state index in [1.165, 1.54) is 12.1 Å². The molecule has 2 aromatic carbocycles. The van der Waals surface area contributed by atoms with E-state index in [-0.39, 0.29) is 16.6 Å². The van der Waals surface area contributed by atoms with Gasteiger partial charge < -0.3 is 5.73 Å². The summed E-state index contributed by atoms with van der Waals surface area (Å²) in [7, 11) is -3.70. The Morgan fingerprint density at radius 2 is 1.88 bits per heavy atom. The van der Waals surface area contributed by atoms with Crippen molar-refractivity contribution in [1.29, 1.82) is 0 Å². The molecule has 1 aliphatic rings. The molecular weight excluding hydrogens is 344 g/mol. The number of nitrogens with zero attached hydrogens (tertiary/aromatic N) is 1. The van der Waals surface area contributed by atoms with Crippen molar-refractivity contribution >= 4 is 27.3 Å². The van der Waals surface area contributed by atoms with Gasteiger partial charge in [0.05, 0.1) is 5.69 Å². The minimum atomic E-state index is -3.70. The molecular formula is C18H21ClN2O2S. The van der Waals surface area contributed by atoms with Crippen LogP contribution in [0.1, 0.15) is 25.3 Å². The Labute approximate surface area is 148 Å². The summed E-state index contributed by atoms with van der Waals surface area (Å²) in [5.74, 6) is 0.414. The zero-order chi connectivity index (χ0) is 17.3. The number of halogens is 1. The van der Waals surface area contributed by atoms with E-state index in [9.17, 15) is 8.42 Å². The van der Waals surface area contributed by atoms with Gasteiger partial charge in [0.1, 0.15) is 4.90 Å². The summed E-state index contributed by atoms with van der Waals surface area (Å²) >= 11 is 5.91. The molecule has 0 amide bonds. The monoisotopic (exact) mass is 364 g/mol. The lowest BCUT2D eigenvalue weighted by molar-refractivity contribution is 0.303. The molecule has 0 spiro atoms. The first kappa shape index (κ1) is 17.3. The molecule has 0 saturated heterocycles. The maximum Gasteiger partial charge on any atom is 0.245 e. The molecule has 0 aromatic heterocycles. The van der Waals surface area contributed by atoms with Crippen molar-refractivity contribution in [3.05, 3.63) is 59.1 Å².